The van der Waals surface area contributed by atoms with E-state index >= 15 is 0 Å². The molecule has 138 valence electrons. The summed E-state index contributed by atoms with van der Waals surface area (Å²) in [4.78, 5) is 4.51. The molecule has 1 atom stereocenters. The van der Waals surface area contributed by atoms with Gasteiger partial charge in [0.15, 0.2) is 5.96 Å². The monoisotopic (exact) mass is 461 g/mol. The topological polar surface area (TPSA) is 63.5 Å². The Labute approximate surface area is 164 Å². The molecule has 6 nitrogen and oxygen atoms in total. The molecule has 0 amide bonds. The van der Waals surface area contributed by atoms with E-state index in [0.29, 0.717) is 12.3 Å². The summed E-state index contributed by atoms with van der Waals surface area (Å²) in [6.07, 6.45) is 3.56. The molecule has 1 aromatic carbocycles. The zero-order chi connectivity index (χ0) is 17.2. The molecule has 2 aromatic rings. The van der Waals surface area contributed by atoms with Gasteiger partial charge in [0.25, 0.3) is 0 Å². The van der Waals surface area contributed by atoms with Crippen molar-refractivity contribution < 1.29 is 9.13 Å². The van der Waals surface area contributed by atoms with Crippen LogP contribution in [0.15, 0.2) is 47.7 Å². The summed E-state index contributed by atoms with van der Waals surface area (Å²) in [6, 6.07) is 7.89. The first-order chi connectivity index (χ1) is 11.7. The van der Waals surface area contributed by atoms with Gasteiger partial charge < -0.3 is 15.4 Å². The van der Waals surface area contributed by atoms with Gasteiger partial charge in [-0.3, -0.25) is 4.68 Å². The fourth-order valence-electron chi connectivity index (χ4n) is 2.07. The number of rotatable bonds is 8. The van der Waals surface area contributed by atoms with Gasteiger partial charge in [-0.15, -0.1) is 24.0 Å². The Morgan fingerprint density at radius 1 is 1.32 bits per heavy atom. The largest absolute Gasteiger partial charge is 0.489 e. The molecule has 0 spiro atoms. The number of nitrogens with one attached hydrogen (secondary N) is 2. The maximum Gasteiger partial charge on any atom is 0.191 e. The molecule has 0 aliphatic rings. The SMILES string of the molecule is CCNC(=NCC(C)Oc1ccc(F)cc1)NCCn1cccn1.I. The van der Waals surface area contributed by atoms with Crippen LogP contribution in [0.4, 0.5) is 4.39 Å². The first kappa shape index (κ1) is 21.2. The smallest absolute Gasteiger partial charge is 0.191 e. The molecule has 0 fully saturated rings. The van der Waals surface area contributed by atoms with Gasteiger partial charge in [0, 0.05) is 25.5 Å². The van der Waals surface area contributed by atoms with Crippen molar-refractivity contribution in [1.82, 2.24) is 20.4 Å². The third-order valence-corrected chi connectivity index (χ3v) is 3.19. The van der Waals surface area contributed by atoms with Gasteiger partial charge in [-0.05, 0) is 44.2 Å². The van der Waals surface area contributed by atoms with Crippen molar-refractivity contribution in [2.45, 2.75) is 26.5 Å². The van der Waals surface area contributed by atoms with E-state index < -0.39 is 0 Å². The predicted octanol–water partition coefficient (Wildman–Crippen LogP) is 2.66. The Morgan fingerprint density at radius 3 is 2.72 bits per heavy atom. The van der Waals surface area contributed by atoms with Crippen LogP contribution in [0.25, 0.3) is 0 Å². The molecular weight excluding hydrogens is 436 g/mol. The fourth-order valence-corrected chi connectivity index (χ4v) is 2.07. The van der Waals surface area contributed by atoms with Gasteiger partial charge in [0.2, 0.25) is 0 Å². The number of guanidine groups is 1. The average Bonchev–Trinajstić information content (AvgIpc) is 3.08. The number of halogens is 2. The van der Waals surface area contributed by atoms with Gasteiger partial charge in [-0.25, -0.2) is 9.38 Å². The van der Waals surface area contributed by atoms with Crippen LogP contribution < -0.4 is 15.4 Å². The van der Waals surface area contributed by atoms with Gasteiger partial charge in [-0.2, -0.15) is 5.10 Å². The zero-order valence-corrected chi connectivity index (χ0v) is 16.8. The van der Waals surface area contributed by atoms with Crippen LogP contribution in [-0.4, -0.2) is 41.5 Å². The molecule has 2 rings (SSSR count). The lowest BCUT2D eigenvalue weighted by Gasteiger charge is -2.15. The molecule has 2 N–H and O–H groups in total. The van der Waals surface area contributed by atoms with Crippen LogP contribution in [0.3, 0.4) is 0 Å². The summed E-state index contributed by atoms with van der Waals surface area (Å²) in [5.41, 5.74) is 0. The molecule has 0 aliphatic carbocycles. The fraction of sp³-hybridized carbons (Fsp3) is 0.412. The molecule has 0 bridgehead atoms. The Hall–Kier alpha value is -1.84. The van der Waals surface area contributed by atoms with Crippen LogP contribution in [0.1, 0.15) is 13.8 Å². The number of aromatic nitrogens is 2. The number of hydrogen-bond acceptors (Lipinski definition) is 3. The van der Waals surface area contributed by atoms with E-state index in [1.165, 1.54) is 12.1 Å². The molecule has 0 saturated heterocycles. The molecule has 0 aliphatic heterocycles. The van der Waals surface area contributed by atoms with Crippen molar-refractivity contribution in [3.63, 3.8) is 0 Å². The highest BCUT2D eigenvalue weighted by Crippen LogP contribution is 2.12. The summed E-state index contributed by atoms with van der Waals surface area (Å²) in [6.45, 7) is 6.71. The molecule has 1 unspecified atom stereocenters. The van der Waals surface area contributed by atoms with Gasteiger partial charge in [0.1, 0.15) is 17.7 Å². The normalized spacial score (nSPS) is 12.2. The summed E-state index contributed by atoms with van der Waals surface area (Å²) in [5, 5.41) is 10.6. The molecule has 0 radical (unpaired) electrons. The van der Waals surface area contributed by atoms with E-state index in [1.807, 2.05) is 30.8 Å². The Kier molecular flexibility index (Phi) is 9.90. The summed E-state index contributed by atoms with van der Waals surface area (Å²) >= 11 is 0. The average molecular weight is 461 g/mol. The minimum atomic E-state index is -0.274. The van der Waals surface area contributed by atoms with Crippen LogP contribution >= 0.6 is 24.0 Å². The lowest BCUT2D eigenvalue weighted by Crippen LogP contribution is -2.39. The van der Waals surface area contributed by atoms with Crippen molar-refractivity contribution in [2.75, 3.05) is 19.6 Å². The molecule has 1 aromatic heterocycles. The minimum absolute atomic E-state index is 0. The lowest BCUT2D eigenvalue weighted by molar-refractivity contribution is 0.230. The Balaban J connectivity index is 0.00000312. The van der Waals surface area contributed by atoms with E-state index in [2.05, 4.69) is 20.7 Å². The first-order valence-corrected chi connectivity index (χ1v) is 8.09. The van der Waals surface area contributed by atoms with Crippen molar-refractivity contribution in [2.24, 2.45) is 4.99 Å². The number of hydrogen-bond donors (Lipinski definition) is 2. The molecule has 8 heteroatoms. The standard InChI is InChI=1S/C17H24FN5O.HI/c1-3-19-17(20-10-12-23-11-4-9-22-23)21-13-14(2)24-16-7-5-15(18)6-8-16;/h4-9,11,14H,3,10,12-13H2,1-2H3,(H2,19,20,21);1H. The third-order valence-electron chi connectivity index (χ3n) is 3.19. The number of ether oxygens (including phenoxy) is 1. The number of aliphatic imine (C=N–C) groups is 1. The second-order valence-corrected chi connectivity index (χ2v) is 5.30. The van der Waals surface area contributed by atoms with Crippen molar-refractivity contribution in [3.8, 4) is 5.75 Å². The molecular formula is C17H25FIN5O. The van der Waals surface area contributed by atoms with Crippen LogP contribution in [0.5, 0.6) is 5.75 Å². The van der Waals surface area contributed by atoms with Crippen molar-refractivity contribution >= 4 is 29.9 Å². The number of nitrogens with zero attached hydrogens (tertiary/aromatic N) is 3. The van der Waals surface area contributed by atoms with Crippen LogP contribution in [0, 0.1) is 5.82 Å². The summed E-state index contributed by atoms with van der Waals surface area (Å²) in [5.74, 6) is 1.10. The maximum atomic E-state index is 12.9. The quantitative estimate of drug-likeness (QED) is 0.361. The minimum Gasteiger partial charge on any atom is -0.489 e. The lowest BCUT2D eigenvalue weighted by atomic mass is 10.3. The summed E-state index contributed by atoms with van der Waals surface area (Å²) in [7, 11) is 0. The highest BCUT2D eigenvalue weighted by molar-refractivity contribution is 14.0. The van der Waals surface area contributed by atoms with E-state index in [9.17, 15) is 4.39 Å². The van der Waals surface area contributed by atoms with Gasteiger partial charge in [0.05, 0.1) is 13.1 Å². The van der Waals surface area contributed by atoms with Crippen LogP contribution in [-0.2, 0) is 6.54 Å². The van der Waals surface area contributed by atoms with Gasteiger partial charge in [-0.1, -0.05) is 0 Å². The number of benzene rings is 1. The zero-order valence-electron chi connectivity index (χ0n) is 14.5. The second kappa shape index (κ2) is 11.7. The third kappa shape index (κ3) is 8.19. The molecule has 0 saturated carbocycles. The van der Waals surface area contributed by atoms with E-state index in [-0.39, 0.29) is 35.9 Å². The molecule has 25 heavy (non-hydrogen) atoms. The maximum absolute atomic E-state index is 12.9. The Bertz CT molecular complexity index is 618. The summed E-state index contributed by atoms with van der Waals surface area (Å²) < 4.78 is 20.5. The Morgan fingerprint density at radius 2 is 2.08 bits per heavy atom. The first-order valence-electron chi connectivity index (χ1n) is 8.09. The van der Waals surface area contributed by atoms with Crippen LogP contribution in [0.2, 0.25) is 0 Å². The van der Waals surface area contributed by atoms with Gasteiger partial charge >= 0.3 is 0 Å². The highest BCUT2D eigenvalue weighted by Gasteiger charge is 2.05. The van der Waals surface area contributed by atoms with E-state index in [0.717, 1.165) is 25.6 Å². The predicted molar refractivity (Wildman–Crippen MR) is 108 cm³/mol. The molecule has 1 heterocycles. The second-order valence-electron chi connectivity index (χ2n) is 5.30. The highest BCUT2D eigenvalue weighted by atomic mass is 127. The van der Waals surface area contributed by atoms with E-state index in [1.54, 1.807) is 18.3 Å². The van der Waals surface area contributed by atoms with Crippen molar-refractivity contribution in [1.29, 1.82) is 0 Å². The van der Waals surface area contributed by atoms with E-state index in [4.69, 9.17) is 4.74 Å². The van der Waals surface area contributed by atoms with Crippen molar-refractivity contribution in [3.05, 3.63) is 48.5 Å².